The largest absolute Gasteiger partial charge is 0.425 e. The fourth-order valence-electron chi connectivity index (χ4n) is 3.68. The highest BCUT2D eigenvalue weighted by Gasteiger charge is 2.34. The number of sulfonamides is 1. The summed E-state index contributed by atoms with van der Waals surface area (Å²) in [4.78, 5) is 14.7. The number of carbonyl (C=O) groups is 1. The Morgan fingerprint density at radius 1 is 1.08 bits per heavy atom. The predicted molar refractivity (Wildman–Crippen MR) is 96.1 cm³/mol. The fraction of sp³-hybridized carbons (Fsp3) is 0.824. The number of hydrogen-bond donors (Lipinski definition) is 0. The summed E-state index contributed by atoms with van der Waals surface area (Å²) < 4.78 is 30.4. The molecule has 2 aliphatic heterocycles. The number of nitrogens with zero attached hydrogens (tertiary/aromatic N) is 4. The van der Waals surface area contributed by atoms with Crippen LogP contribution in [-0.4, -0.2) is 66.2 Å². The van der Waals surface area contributed by atoms with Gasteiger partial charge in [0.25, 0.3) is 0 Å². The van der Waals surface area contributed by atoms with Gasteiger partial charge in [0.05, 0.1) is 6.26 Å². The SMILES string of the molecule is CC(C)c1nnc(C2CCN(C(=O)C3CCN(S(C)(=O)=O)CC3)CC2)o1. The van der Waals surface area contributed by atoms with Crippen LogP contribution < -0.4 is 0 Å². The number of amides is 1. The first-order valence-corrected chi connectivity index (χ1v) is 11.2. The minimum atomic E-state index is -3.16. The molecule has 2 aliphatic rings. The van der Waals surface area contributed by atoms with Crippen molar-refractivity contribution in [3.8, 4) is 0 Å². The summed E-state index contributed by atoms with van der Waals surface area (Å²) in [5, 5.41) is 8.26. The van der Waals surface area contributed by atoms with Gasteiger partial charge in [-0.05, 0) is 25.7 Å². The Hall–Kier alpha value is -1.48. The molecule has 3 heterocycles. The summed E-state index contributed by atoms with van der Waals surface area (Å²) in [7, 11) is -3.16. The quantitative estimate of drug-likeness (QED) is 0.782. The monoisotopic (exact) mass is 384 g/mol. The third-order valence-corrected chi connectivity index (χ3v) is 6.68. The maximum atomic E-state index is 12.8. The van der Waals surface area contributed by atoms with Crippen LogP contribution in [0.5, 0.6) is 0 Å². The van der Waals surface area contributed by atoms with Crippen molar-refractivity contribution in [2.24, 2.45) is 5.92 Å². The van der Waals surface area contributed by atoms with Crippen LogP contribution in [0.15, 0.2) is 4.42 Å². The van der Waals surface area contributed by atoms with Gasteiger partial charge in [0.2, 0.25) is 27.7 Å². The average molecular weight is 385 g/mol. The first kappa shape index (κ1) is 19.3. The maximum absolute atomic E-state index is 12.8. The van der Waals surface area contributed by atoms with Gasteiger partial charge in [0, 0.05) is 43.9 Å². The van der Waals surface area contributed by atoms with E-state index in [1.54, 1.807) is 0 Å². The van der Waals surface area contributed by atoms with Crippen LogP contribution in [0, 0.1) is 5.92 Å². The van der Waals surface area contributed by atoms with E-state index >= 15 is 0 Å². The lowest BCUT2D eigenvalue weighted by molar-refractivity contribution is -0.137. The Bertz CT molecular complexity index is 730. The number of hydrogen-bond acceptors (Lipinski definition) is 6. The summed E-state index contributed by atoms with van der Waals surface area (Å²) >= 11 is 0. The van der Waals surface area contributed by atoms with Crippen molar-refractivity contribution in [2.75, 3.05) is 32.4 Å². The van der Waals surface area contributed by atoms with Gasteiger partial charge in [-0.3, -0.25) is 4.79 Å². The van der Waals surface area contributed by atoms with E-state index in [0.717, 1.165) is 12.8 Å². The third-order valence-electron chi connectivity index (χ3n) is 5.38. The molecule has 0 N–H and O–H groups in total. The topological polar surface area (TPSA) is 96.6 Å². The number of likely N-dealkylation sites (tertiary alicyclic amines) is 1. The molecule has 0 unspecified atom stereocenters. The van der Waals surface area contributed by atoms with Crippen molar-refractivity contribution in [1.29, 1.82) is 0 Å². The molecule has 3 rings (SSSR count). The van der Waals surface area contributed by atoms with E-state index in [1.165, 1.54) is 10.6 Å². The lowest BCUT2D eigenvalue weighted by Gasteiger charge is -2.36. The zero-order chi connectivity index (χ0) is 18.9. The van der Waals surface area contributed by atoms with E-state index in [0.29, 0.717) is 50.8 Å². The van der Waals surface area contributed by atoms with E-state index in [-0.39, 0.29) is 23.7 Å². The van der Waals surface area contributed by atoms with Gasteiger partial charge in [0.1, 0.15) is 0 Å². The lowest BCUT2D eigenvalue weighted by Crippen LogP contribution is -2.46. The molecule has 0 aliphatic carbocycles. The molecule has 1 aromatic rings. The average Bonchev–Trinajstić information content (AvgIpc) is 3.11. The molecule has 0 saturated carbocycles. The van der Waals surface area contributed by atoms with Gasteiger partial charge in [-0.25, -0.2) is 12.7 Å². The molecule has 0 spiro atoms. The Morgan fingerprint density at radius 3 is 2.19 bits per heavy atom. The molecule has 0 atom stereocenters. The minimum absolute atomic E-state index is 0.0690. The van der Waals surface area contributed by atoms with Crippen molar-refractivity contribution >= 4 is 15.9 Å². The van der Waals surface area contributed by atoms with E-state index in [9.17, 15) is 13.2 Å². The number of carbonyl (C=O) groups excluding carboxylic acids is 1. The summed E-state index contributed by atoms with van der Waals surface area (Å²) in [6, 6.07) is 0. The van der Waals surface area contributed by atoms with Gasteiger partial charge in [-0.1, -0.05) is 13.8 Å². The molecule has 1 amide bonds. The molecule has 9 heteroatoms. The minimum Gasteiger partial charge on any atom is -0.425 e. The van der Waals surface area contributed by atoms with Crippen molar-refractivity contribution in [1.82, 2.24) is 19.4 Å². The molecule has 8 nitrogen and oxygen atoms in total. The smallest absolute Gasteiger partial charge is 0.225 e. The van der Waals surface area contributed by atoms with E-state index in [1.807, 2.05) is 18.7 Å². The van der Waals surface area contributed by atoms with Crippen LogP contribution in [0.25, 0.3) is 0 Å². The van der Waals surface area contributed by atoms with Crippen LogP contribution >= 0.6 is 0 Å². The fourth-order valence-corrected chi connectivity index (χ4v) is 4.56. The van der Waals surface area contributed by atoms with Crippen LogP contribution in [0.2, 0.25) is 0 Å². The molecular weight excluding hydrogens is 356 g/mol. The second-order valence-corrected chi connectivity index (χ2v) is 9.65. The molecule has 0 aromatic carbocycles. The van der Waals surface area contributed by atoms with Crippen LogP contribution in [0.4, 0.5) is 0 Å². The highest BCUT2D eigenvalue weighted by atomic mass is 32.2. The van der Waals surface area contributed by atoms with E-state index in [2.05, 4.69) is 10.2 Å². The highest BCUT2D eigenvalue weighted by Crippen LogP contribution is 2.30. The standard InChI is InChI=1S/C17H28N4O4S/c1-12(2)15-18-19-16(25-15)13-4-8-20(9-5-13)17(22)14-6-10-21(11-7-14)26(3,23)24/h12-14H,4-11H2,1-3H3. The molecule has 1 aromatic heterocycles. The van der Waals surface area contributed by atoms with Crippen LogP contribution in [0.1, 0.15) is 63.1 Å². The lowest BCUT2D eigenvalue weighted by atomic mass is 9.92. The normalized spacial score (nSPS) is 21.5. The zero-order valence-electron chi connectivity index (χ0n) is 15.7. The Balaban J connectivity index is 1.51. The number of piperidine rings is 2. The zero-order valence-corrected chi connectivity index (χ0v) is 16.5. The van der Waals surface area contributed by atoms with Crippen LogP contribution in [-0.2, 0) is 14.8 Å². The molecule has 2 saturated heterocycles. The first-order chi connectivity index (χ1) is 12.3. The van der Waals surface area contributed by atoms with Gasteiger partial charge in [0.15, 0.2) is 0 Å². The van der Waals surface area contributed by atoms with E-state index in [4.69, 9.17) is 4.42 Å². The Morgan fingerprint density at radius 2 is 1.69 bits per heavy atom. The summed E-state index contributed by atoms with van der Waals surface area (Å²) in [6.07, 6.45) is 4.09. The molecule has 26 heavy (non-hydrogen) atoms. The number of rotatable bonds is 4. The van der Waals surface area contributed by atoms with Gasteiger partial charge in [-0.15, -0.1) is 10.2 Å². The summed E-state index contributed by atoms with van der Waals surface area (Å²) in [5.74, 6) is 1.87. The molecule has 146 valence electrons. The van der Waals surface area contributed by atoms with Gasteiger partial charge in [-0.2, -0.15) is 0 Å². The van der Waals surface area contributed by atoms with E-state index < -0.39 is 10.0 Å². The molecule has 0 radical (unpaired) electrons. The highest BCUT2D eigenvalue weighted by molar-refractivity contribution is 7.88. The van der Waals surface area contributed by atoms with Crippen molar-refractivity contribution in [3.05, 3.63) is 11.8 Å². The second kappa shape index (κ2) is 7.64. The summed E-state index contributed by atoms with van der Waals surface area (Å²) in [6.45, 7) is 6.29. The Labute approximate surface area is 155 Å². The third kappa shape index (κ3) is 4.25. The molecular formula is C17H28N4O4S. The van der Waals surface area contributed by atoms with Crippen molar-refractivity contribution in [3.63, 3.8) is 0 Å². The summed E-state index contributed by atoms with van der Waals surface area (Å²) in [5.41, 5.74) is 0. The van der Waals surface area contributed by atoms with Crippen molar-refractivity contribution < 1.29 is 17.6 Å². The number of aromatic nitrogens is 2. The molecule has 2 fully saturated rings. The van der Waals surface area contributed by atoms with Crippen LogP contribution in [0.3, 0.4) is 0 Å². The van der Waals surface area contributed by atoms with Gasteiger partial charge >= 0.3 is 0 Å². The van der Waals surface area contributed by atoms with Gasteiger partial charge < -0.3 is 9.32 Å². The van der Waals surface area contributed by atoms with Crippen molar-refractivity contribution in [2.45, 2.75) is 51.4 Å². The maximum Gasteiger partial charge on any atom is 0.225 e. The molecule has 0 bridgehead atoms. The first-order valence-electron chi connectivity index (χ1n) is 9.33. The predicted octanol–water partition coefficient (Wildman–Crippen LogP) is 1.57. The second-order valence-electron chi connectivity index (χ2n) is 7.67. The Kier molecular flexibility index (Phi) is 5.67.